The third-order valence-electron chi connectivity index (χ3n) is 3.76. The van der Waals surface area contributed by atoms with Gasteiger partial charge < -0.3 is 15.2 Å². The first-order chi connectivity index (χ1) is 10.3. The van der Waals surface area contributed by atoms with Crippen LogP contribution in [0.3, 0.4) is 0 Å². The molecule has 0 aromatic carbocycles. The van der Waals surface area contributed by atoms with Crippen LogP contribution >= 0.6 is 0 Å². The van der Waals surface area contributed by atoms with Crippen molar-refractivity contribution in [3.05, 3.63) is 30.1 Å². The van der Waals surface area contributed by atoms with Crippen molar-refractivity contribution in [3.63, 3.8) is 0 Å². The molecule has 1 saturated carbocycles. The van der Waals surface area contributed by atoms with Gasteiger partial charge in [0.2, 0.25) is 5.91 Å². The van der Waals surface area contributed by atoms with Crippen LogP contribution < -0.4 is 10.6 Å². The Morgan fingerprint density at radius 1 is 1.48 bits per heavy atom. The maximum Gasteiger partial charge on any atom is 0.239 e. The number of amides is 1. The molecular weight excluding hydrogens is 264 g/mol. The monoisotopic (exact) mass is 286 g/mol. The molecule has 0 radical (unpaired) electrons. The molecule has 2 heterocycles. The van der Waals surface area contributed by atoms with Gasteiger partial charge in [0, 0.05) is 36.9 Å². The van der Waals surface area contributed by atoms with Crippen LogP contribution in [0.4, 0.5) is 0 Å². The zero-order valence-electron chi connectivity index (χ0n) is 12.4. The third kappa shape index (κ3) is 3.42. The maximum atomic E-state index is 11.9. The van der Waals surface area contributed by atoms with E-state index in [1.54, 1.807) is 6.20 Å². The van der Waals surface area contributed by atoms with E-state index in [9.17, 15) is 4.79 Å². The summed E-state index contributed by atoms with van der Waals surface area (Å²) in [6.45, 7) is 3.95. The lowest BCUT2D eigenvalue weighted by Gasteiger charge is -2.05. The van der Waals surface area contributed by atoms with E-state index < -0.39 is 0 Å². The molecule has 0 saturated heterocycles. The highest BCUT2D eigenvalue weighted by molar-refractivity contribution is 5.83. The molecular formula is C16H22N4O. The van der Waals surface area contributed by atoms with Crippen LogP contribution in [0.25, 0.3) is 11.0 Å². The molecule has 1 fully saturated rings. The van der Waals surface area contributed by atoms with Crippen LogP contribution in [-0.4, -0.2) is 28.0 Å². The Morgan fingerprint density at radius 2 is 2.33 bits per heavy atom. The Balaban J connectivity index is 1.78. The molecule has 1 aliphatic carbocycles. The summed E-state index contributed by atoms with van der Waals surface area (Å²) in [5.74, 6) is 0.0427. The van der Waals surface area contributed by atoms with Gasteiger partial charge in [-0.15, -0.1) is 0 Å². The number of pyridine rings is 1. The predicted octanol–water partition coefficient (Wildman–Crippen LogP) is 1.81. The minimum atomic E-state index is 0.0427. The number of aromatic nitrogens is 2. The van der Waals surface area contributed by atoms with E-state index in [1.807, 2.05) is 10.6 Å². The number of nitrogens with zero attached hydrogens (tertiary/aromatic N) is 2. The summed E-state index contributed by atoms with van der Waals surface area (Å²) in [5, 5.41) is 7.57. The van der Waals surface area contributed by atoms with Crippen molar-refractivity contribution in [2.45, 2.75) is 45.3 Å². The van der Waals surface area contributed by atoms with E-state index in [0.717, 1.165) is 30.5 Å². The first kappa shape index (κ1) is 14.1. The molecule has 0 bridgehead atoms. The number of carbonyl (C=O) groups is 1. The highest BCUT2D eigenvalue weighted by Gasteiger charge is 2.21. The first-order valence-corrected chi connectivity index (χ1v) is 7.70. The van der Waals surface area contributed by atoms with Gasteiger partial charge in [-0.3, -0.25) is 4.79 Å². The largest absolute Gasteiger partial charge is 0.355 e. The zero-order valence-corrected chi connectivity index (χ0v) is 12.4. The molecule has 5 nitrogen and oxygen atoms in total. The normalized spacial score (nSPS) is 14.5. The van der Waals surface area contributed by atoms with Gasteiger partial charge in [0.05, 0.1) is 0 Å². The standard InChI is InChI=1S/C16H22N4O/c1-2-7-17-15(21)11-20-10-12(9-19-13-5-6-13)14-4-3-8-18-16(14)20/h3-4,8,10,13,19H,2,5-7,9,11H2,1H3,(H,17,21). The molecule has 1 amide bonds. The van der Waals surface area contributed by atoms with E-state index in [2.05, 4.69) is 34.8 Å². The Bertz CT molecular complexity index is 630. The second-order valence-electron chi connectivity index (χ2n) is 5.66. The second-order valence-corrected chi connectivity index (χ2v) is 5.66. The van der Waals surface area contributed by atoms with Gasteiger partial charge in [-0.05, 0) is 37.0 Å². The smallest absolute Gasteiger partial charge is 0.239 e. The van der Waals surface area contributed by atoms with Gasteiger partial charge in [-0.1, -0.05) is 6.92 Å². The molecule has 0 unspecified atom stereocenters. The number of hydrogen-bond donors (Lipinski definition) is 2. The average molecular weight is 286 g/mol. The minimum absolute atomic E-state index is 0.0427. The fourth-order valence-corrected chi connectivity index (χ4v) is 2.47. The minimum Gasteiger partial charge on any atom is -0.355 e. The lowest BCUT2D eigenvalue weighted by atomic mass is 10.2. The number of nitrogens with one attached hydrogen (secondary N) is 2. The van der Waals surface area contributed by atoms with E-state index in [4.69, 9.17) is 0 Å². The fraction of sp³-hybridized carbons (Fsp3) is 0.500. The number of fused-ring (bicyclic) bond motifs is 1. The van der Waals surface area contributed by atoms with Crippen LogP contribution in [0.1, 0.15) is 31.7 Å². The Hall–Kier alpha value is -1.88. The highest BCUT2D eigenvalue weighted by Crippen LogP contribution is 2.23. The number of rotatable bonds is 7. The fourth-order valence-electron chi connectivity index (χ4n) is 2.47. The van der Waals surface area contributed by atoms with Gasteiger partial charge in [0.1, 0.15) is 12.2 Å². The van der Waals surface area contributed by atoms with E-state index >= 15 is 0 Å². The van der Waals surface area contributed by atoms with Crippen molar-refractivity contribution in [2.24, 2.45) is 0 Å². The summed E-state index contributed by atoms with van der Waals surface area (Å²) in [6.07, 6.45) is 7.33. The van der Waals surface area contributed by atoms with Crippen molar-refractivity contribution in [1.29, 1.82) is 0 Å². The lowest BCUT2D eigenvalue weighted by molar-refractivity contribution is -0.121. The summed E-state index contributed by atoms with van der Waals surface area (Å²) in [4.78, 5) is 16.4. The lowest BCUT2D eigenvalue weighted by Crippen LogP contribution is -2.27. The molecule has 2 N–H and O–H groups in total. The summed E-state index contributed by atoms with van der Waals surface area (Å²) in [5.41, 5.74) is 2.10. The van der Waals surface area contributed by atoms with Crippen molar-refractivity contribution in [1.82, 2.24) is 20.2 Å². The first-order valence-electron chi connectivity index (χ1n) is 7.70. The molecule has 5 heteroatoms. The van der Waals surface area contributed by atoms with Crippen LogP contribution in [-0.2, 0) is 17.9 Å². The summed E-state index contributed by atoms with van der Waals surface area (Å²) < 4.78 is 1.95. The van der Waals surface area contributed by atoms with Crippen LogP contribution in [0.2, 0.25) is 0 Å². The summed E-state index contributed by atoms with van der Waals surface area (Å²) in [7, 11) is 0. The van der Waals surface area contributed by atoms with Gasteiger partial charge in [-0.25, -0.2) is 4.98 Å². The molecule has 2 aromatic rings. The maximum absolute atomic E-state index is 11.9. The molecule has 21 heavy (non-hydrogen) atoms. The summed E-state index contributed by atoms with van der Waals surface area (Å²) >= 11 is 0. The van der Waals surface area contributed by atoms with Gasteiger partial charge >= 0.3 is 0 Å². The third-order valence-corrected chi connectivity index (χ3v) is 3.76. The SMILES string of the molecule is CCCNC(=O)Cn1cc(CNC2CC2)c2cccnc21. The Labute approximate surface area is 124 Å². The second kappa shape index (κ2) is 6.26. The quantitative estimate of drug-likeness (QED) is 0.816. The molecule has 112 valence electrons. The molecule has 0 atom stereocenters. The molecule has 3 rings (SSSR count). The van der Waals surface area contributed by atoms with Crippen molar-refractivity contribution >= 4 is 16.9 Å². The predicted molar refractivity (Wildman–Crippen MR) is 82.9 cm³/mol. The van der Waals surface area contributed by atoms with E-state index in [0.29, 0.717) is 12.6 Å². The van der Waals surface area contributed by atoms with Gasteiger partial charge in [0.15, 0.2) is 0 Å². The molecule has 0 aliphatic heterocycles. The highest BCUT2D eigenvalue weighted by atomic mass is 16.1. The van der Waals surface area contributed by atoms with Crippen LogP contribution in [0.5, 0.6) is 0 Å². The van der Waals surface area contributed by atoms with Gasteiger partial charge in [0.25, 0.3) is 0 Å². The molecule has 0 spiro atoms. The molecule has 2 aromatic heterocycles. The summed E-state index contributed by atoms with van der Waals surface area (Å²) in [6, 6.07) is 4.70. The van der Waals surface area contributed by atoms with Crippen LogP contribution in [0.15, 0.2) is 24.5 Å². The average Bonchev–Trinajstić information content (AvgIpc) is 3.27. The van der Waals surface area contributed by atoms with Crippen LogP contribution in [0, 0.1) is 0 Å². The van der Waals surface area contributed by atoms with Crippen molar-refractivity contribution in [2.75, 3.05) is 6.54 Å². The van der Waals surface area contributed by atoms with E-state index in [1.165, 1.54) is 18.4 Å². The number of carbonyl (C=O) groups excluding carboxylic acids is 1. The van der Waals surface area contributed by atoms with Gasteiger partial charge in [-0.2, -0.15) is 0 Å². The Kier molecular flexibility index (Phi) is 4.20. The van der Waals surface area contributed by atoms with Crippen molar-refractivity contribution < 1.29 is 4.79 Å². The zero-order chi connectivity index (χ0) is 14.7. The number of hydrogen-bond acceptors (Lipinski definition) is 3. The topological polar surface area (TPSA) is 59.0 Å². The Morgan fingerprint density at radius 3 is 3.10 bits per heavy atom. The van der Waals surface area contributed by atoms with E-state index in [-0.39, 0.29) is 5.91 Å². The molecule has 1 aliphatic rings. The van der Waals surface area contributed by atoms with Crippen molar-refractivity contribution in [3.8, 4) is 0 Å².